The molecule has 0 spiro atoms. The second-order valence-corrected chi connectivity index (χ2v) is 3.58. The van der Waals surface area contributed by atoms with Crippen LogP contribution in [0.3, 0.4) is 0 Å². The van der Waals surface area contributed by atoms with Crippen molar-refractivity contribution in [1.29, 1.82) is 0 Å². The molecule has 1 aliphatic rings. The molecule has 1 aromatic carbocycles. The number of carbonyl (C=O) groups excluding carboxylic acids is 1. The molecule has 1 radical (unpaired) electrons. The number of hydrogen-bond acceptors (Lipinski definition) is 3. The van der Waals surface area contributed by atoms with Crippen LogP contribution in [-0.2, 0) is 11.2 Å². The summed E-state index contributed by atoms with van der Waals surface area (Å²) in [7, 11) is 1.71. The van der Waals surface area contributed by atoms with Crippen LogP contribution in [0.15, 0.2) is 29.4 Å². The summed E-state index contributed by atoms with van der Waals surface area (Å²) in [6.45, 7) is 0.648. The predicted octanol–water partition coefficient (Wildman–Crippen LogP) is 0.499. The molecule has 0 saturated heterocycles. The molecule has 1 N–H and O–H groups in total. The monoisotopic (exact) mass is 227 g/mol. The number of likely N-dealkylation sites (N-methyl/N-ethyl adjacent to an activating group) is 1. The van der Waals surface area contributed by atoms with Gasteiger partial charge in [-0.25, -0.2) is 0 Å². The Hall–Kier alpha value is -0.840. The minimum atomic E-state index is -0.234. The van der Waals surface area contributed by atoms with Gasteiger partial charge in [-0.2, -0.15) is 0 Å². The summed E-state index contributed by atoms with van der Waals surface area (Å²) >= 11 is 0. The topological polar surface area (TPSA) is 52.9 Å². The summed E-state index contributed by atoms with van der Waals surface area (Å²) in [5.74, 6) is -0.234. The average molecular weight is 227 g/mol. The number of amides is 1. The number of nitrogens with zero attached hydrogens (tertiary/aromatic N) is 2. The molecule has 1 aromatic rings. The van der Waals surface area contributed by atoms with Gasteiger partial charge in [-0.05, 0) is 12.0 Å². The van der Waals surface area contributed by atoms with Crippen molar-refractivity contribution in [2.45, 2.75) is 6.42 Å². The van der Waals surface area contributed by atoms with Crippen molar-refractivity contribution < 1.29 is 10.0 Å². The summed E-state index contributed by atoms with van der Waals surface area (Å²) in [6, 6.07) is 7.51. The number of benzene rings is 1. The first-order valence-electron chi connectivity index (χ1n) is 4.80. The van der Waals surface area contributed by atoms with Gasteiger partial charge in [0, 0.05) is 48.7 Å². The molecule has 0 unspecified atom stereocenters. The molecule has 1 aliphatic heterocycles. The van der Waals surface area contributed by atoms with Gasteiger partial charge >= 0.3 is 0 Å². The number of hydrogen-bond donors (Lipinski definition) is 1. The first kappa shape index (κ1) is 13.2. The fourth-order valence-electron chi connectivity index (χ4n) is 1.75. The summed E-state index contributed by atoms with van der Waals surface area (Å²) in [5.41, 5.74) is 1.91. The Kier molecular flexibility index (Phi) is 4.53. The zero-order chi connectivity index (χ0) is 10.8. The molecule has 0 fully saturated rings. The average Bonchev–Trinajstić information content (AvgIpc) is 2.38. The SMILES string of the molecule is CN1CCc2ccccc2C(=NO)C1=O.[Na]. The van der Waals surface area contributed by atoms with Crippen molar-refractivity contribution in [1.82, 2.24) is 4.90 Å². The van der Waals surface area contributed by atoms with E-state index in [-0.39, 0.29) is 41.2 Å². The van der Waals surface area contributed by atoms with Gasteiger partial charge in [-0.3, -0.25) is 4.79 Å². The standard InChI is InChI=1S/C11H12N2O2.Na/c1-13-7-6-8-4-2-3-5-9(8)10(12-15)11(13)14;/h2-5,15H,6-7H2,1H3;. The summed E-state index contributed by atoms with van der Waals surface area (Å²) in [6.07, 6.45) is 0.789. The molecule has 0 aromatic heterocycles. The fourth-order valence-corrected chi connectivity index (χ4v) is 1.75. The van der Waals surface area contributed by atoms with Crippen molar-refractivity contribution in [3.63, 3.8) is 0 Å². The molecule has 5 heteroatoms. The Morgan fingerprint density at radius 2 is 2.06 bits per heavy atom. The molecule has 1 amide bonds. The maximum Gasteiger partial charge on any atom is 0.276 e. The Morgan fingerprint density at radius 3 is 2.75 bits per heavy atom. The van der Waals surface area contributed by atoms with E-state index in [1.165, 1.54) is 0 Å². The number of carbonyl (C=O) groups is 1. The van der Waals surface area contributed by atoms with Crippen LogP contribution in [0.25, 0.3) is 0 Å². The van der Waals surface area contributed by atoms with Crippen LogP contribution in [0.4, 0.5) is 0 Å². The number of fused-ring (bicyclic) bond motifs is 1. The van der Waals surface area contributed by atoms with Crippen LogP contribution in [0.5, 0.6) is 0 Å². The molecular formula is C11H12N2NaO2. The van der Waals surface area contributed by atoms with Gasteiger partial charge in [0.05, 0.1) is 0 Å². The van der Waals surface area contributed by atoms with Crippen molar-refractivity contribution >= 4 is 41.2 Å². The van der Waals surface area contributed by atoms with Gasteiger partial charge in [0.2, 0.25) is 0 Å². The summed E-state index contributed by atoms with van der Waals surface area (Å²) in [5, 5.41) is 12.0. The predicted molar refractivity (Wildman–Crippen MR) is 61.9 cm³/mol. The Morgan fingerprint density at radius 1 is 1.38 bits per heavy atom. The zero-order valence-electron chi connectivity index (χ0n) is 9.47. The first-order valence-corrected chi connectivity index (χ1v) is 4.80. The second-order valence-electron chi connectivity index (χ2n) is 3.58. The van der Waals surface area contributed by atoms with E-state index in [1.807, 2.05) is 18.2 Å². The quantitative estimate of drug-likeness (QED) is 0.398. The van der Waals surface area contributed by atoms with Crippen LogP contribution in [0.2, 0.25) is 0 Å². The molecule has 4 nitrogen and oxygen atoms in total. The minimum absolute atomic E-state index is 0. The molecular weight excluding hydrogens is 215 g/mol. The molecule has 16 heavy (non-hydrogen) atoms. The molecule has 0 aliphatic carbocycles. The van der Waals surface area contributed by atoms with Gasteiger partial charge < -0.3 is 10.1 Å². The van der Waals surface area contributed by atoms with Crippen LogP contribution in [0.1, 0.15) is 11.1 Å². The third-order valence-corrected chi connectivity index (χ3v) is 2.64. The van der Waals surface area contributed by atoms with Gasteiger partial charge in [-0.1, -0.05) is 29.4 Å². The van der Waals surface area contributed by atoms with Gasteiger partial charge in [0.15, 0.2) is 5.71 Å². The third-order valence-electron chi connectivity index (χ3n) is 2.64. The Labute approximate surface area is 116 Å². The van der Waals surface area contributed by atoms with Gasteiger partial charge in [0.25, 0.3) is 5.91 Å². The molecule has 0 bridgehead atoms. The van der Waals surface area contributed by atoms with E-state index in [0.717, 1.165) is 17.5 Å². The molecule has 0 saturated carbocycles. The summed E-state index contributed by atoms with van der Waals surface area (Å²) < 4.78 is 0. The molecule has 1 heterocycles. The zero-order valence-corrected chi connectivity index (χ0v) is 11.5. The van der Waals surface area contributed by atoms with E-state index >= 15 is 0 Å². The largest absolute Gasteiger partial charge is 0.410 e. The van der Waals surface area contributed by atoms with E-state index < -0.39 is 0 Å². The third kappa shape index (κ3) is 2.29. The van der Waals surface area contributed by atoms with Crippen LogP contribution < -0.4 is 0 Å². The van der Waals surface area contributed by atoms with Crippen molar-refractivity contribution in [2.75, 3.05) is 13.6 Å². The normalized spacial score (nSPS) is 17.7. The minimum Gasteiger partial charge on any atom is -0.410 e. The molecule has 2 rings (SSSR count). The van der Waals surface area contributed by atoms with E-state index in [4.69, 9.17) is 5.21 Å². The van der Waals surface area contributed by atoms with Crippen LogP contribution >= 0.6 is 0 Å². The van der Waals surface area contributed by atoms with Crippen LogP contribution in [0, 0.1) is 0 Å². The van der Waals surface area contributed by atoms with Crippen molar-refractivity contribution in [2.24, 2.45) is 5.16 Å². The molecule has 0 atom stereocenters. The van der Waals surface area contributed by atoms with E-state index in [9.17, 15) is 4.79 Å². The fraction of sp³-hybridized carbons (Fsp3) is 0.273. The van der Waals surface area contributed by atoms with E-state index in [0.29, 0.717) is 6.54 Å². The first-order chi connectivity index (χ1) is 7.24. The van der Waals surface area contributed by atoms with Gasteiger partial charge in [-0.15, -0.1) is 0 Å². The van der Waals surface area contributed by atoms with E-state index in [2.05, 4.69) is 5.16 Å². The Bertz CT molecular complexity index is 432. The van der Waals surface area contributed by atoms with Crippen molar-refractivity contribution in [3.8, 4) is 0 Å². The maximum atomic E-state index is 11.8. The number of oxime groups is 1. The summed E-state index contributed by atoms with van der Waals surface area (Å²) in [4.78, 5) is 13.3. The maximum absolute atomic E-state index is 11.8. The van der Waals surface area contributed by atoms with E-state index in [1.54, 1.807) is 18.0 Å². The second kappa shape index (κ2) is 5.48. The Balaban J connectivity index is 0.00000128. The smallest absolute Gasteiger partial charge is 0.276 e. The molecule has 79 valence electrons. The number of rotatable bonds is 0. The van der Waals surface area contributed by atoms with Crippen molar-refractivity contribution in [3.05, 3.63) is 35.4 Å². The van der Waals surface area contributed by atoms with Gasteiger partial charge in [0.1, 0.15) is 0 Å². The van der Waals surface area contributed by atoms with Crippen LogP contribution in [-0.4, -0.2) is 64.9 Å².